The average molecular weight is 230 g/mol. The number of nitrogens with one attached hydrogen (secondary N) is 1. The number of hydrogen-bond donors (Lipinski definition) is 2. The van der Waals surface area contributed by atoms with Gasteiger partial charge in [-0.1, -0.05) is 12.8 Å². The van der Waals surface area contributed by atoms with Gasteiger partial charge in [0.2, 0.25) is 5.91 Å². The lowest BCUT2D eigenvalue weighted by Crippen LogP contribution is -2.44. The summed E-state index contributed by atoms with van der Waals surface area (Å²) in [7, 11) is 0. The molecule has 3 nitrogen and oxygen atoms in total. The fraction of sp³-hybridized carbons (Fsp3) is 0.909. The van der Waals surface area contributed by atoms with E-state index in [1.807, 2.05) is 6.26 Å². The van der Waals surface area contributed by atoms with Crippen molar-refractivity contribution in [2.45, 2.75) is 44.7 Å². The van der Waals surface area contributed by atoms with Crippen molar-refractivity contribution in [3.05, 3.63) is 0 Å². The Balaban J connectivity index is 2.14. The van der Waals surface area contributed by atoms with Gasteiger partial charge in [0, 0.05) is 6.04 Å². The van der Waals surface area contributed by atoms with Crippen molar-refractivity contribution in [1.29, 1.82) is 0 Å². The third-order valence-electron chi connectivity index (χ3n) is 2.74. The Kier molecular flexibility index (Phi) is 5.47. The second-order valence-electron chi connectivity index (χ2n) is 4.48. The Morgan fingerprint density at radius 3 is 2.80 bits per heavy atom. The van der Waals surface area contributed by atoms with Crippen molar-refractivity contribution < 1.29 is 4.79 Å². The molecule has 0 radical (unpaired) electrons. The molecule has 1 unspecified atom stereocenters. The van der Waals surface area contributed by atoms with Crippen molar-refractivity contribution in [3.63, 3.8) is 0 Å². The highest BCUT2D eigenvalue weighted by atomic mass is 32.2. The van der Waals surface area contributed by atoms with Gasteiger partial charge in [0.15, 0.2) is 0 Å². The Morgan fingerprint density at radius 2 is 2.27 bits per heavy atom. The summed E-state index contributed by atoms with van der Waals surface area (Å²) in [6.07, 6.45) is 6.57. The van der Waals surface area contributed by atoms with E-state index in [1.165, 1.54) is 12.8 Å². The molecule has 1 amide bonds. The van der Waals surface area contributed by atoms with E-state index in [1.54, 1.807) is 11.8 Å². The van der Waals surface area contributed by atoms with Gasteiger partial charge >= 0.3 is 0 Å². The molecule has 0 saturated heterocycles. The van der Waals surface area contributed by atoms with Gasteiger partial charge in [-0.05, 0) is 37.7 Å². The topological polar surface area (TPSA) is 55.1 Å². The minimum Gasteiger partial charge on any atom is -0.352 e. The second-order valence-corrected chi connectivity index (χ2v) is 5.46. The minimum absolute atomic E-state index is 0.0113. The maximum Gasteiger partial charge on any atom is 0.237 e. The Morgan fingerprint density at radius 1 is 1.60 bits per heavy atom. The van der Waals surface area contributed by atoms with E-state index in [0.717, 1.165) is 24.5 Å². The first-order valence-corrected chi connectivity index (χ1v) is 7.07. The lowest BCUT2D eigenvalue weighted by atomic mass is 10.1. The number of thioether (sulfide) groups is 1. The number of rotatable bonds is 7. The first-order valence-electron chi connectivity index (χ1n) is 5.68. The normalized spacial score (nSPS) is 19.7. The van der Waals surface area contributed by atoms with Crippen molar-refractivity contribution in [2.75, 3.05) is 12.0 Å². The molecule has 3 N–H and O–H groups in total. The summed E-state index contributed by atoms with van der Waals surface area (Å²) in [4.78, 5) is 11.6. The maximum atomic E-state index is 11.6. The van der Waals surface area contributed by atoms with Gasteiger partial charge < -0.3 is 11.1 Å². The summed E-state index contributed by atoms with van der Waals surface area (Å²) in [6, 6.07) is -0.0515. The molecule has 1 saturated carbocycles. The predicted octanol–water partition coefficient (Wildman–Crippen LogP) is 1.37. The van der Waals surface area contributed by atoms with Gasteiger partial charge in [0.1, 0.15) is 0 Å². The molecular formula is C11H22N2OS. The molecule has 1 rings (SSSR count). The third kappa shape index (κ3) is 5.42. The van der Waals surface area contributed by atoms with Crippen molar-refractivity contribution in [2.24, 2.45) is 11.7 Å². The molecule has 15 heavy (non-hydrogen) atoms. The molecule has 0 aromatic rings. The van der Waals surface area contributed by atoms with E-state index in [0.29, 0.717) is 0 Å². The second kappa shape index (κ2) is 6.38. The van der Waals surface area contributed by atoms with Gasteiger partial charge in [-0.15, -0.1) is 0 Å². The summed E-state index contributed by atoms with van der Waals surface area (Å²) < 4.78 is 0. The Labute approximate surface area is 96.6 Å². The van der Waals surface area contributed by atoms with Crippen LogP contribution in [0.5, 0.6) is 0 Å². The maximum absolute atomic E-state index is 11.6. The van der Waals surface area contributed by atoms with Crippen LogP contribution >= 0.6 is 11.8 Å². The standard InChI is InChI=1S/C11H22N2OS/c1-8(7-9-3-4-9)13-11(14)10(12)5-6-15-2/h8-10H,3-7,12H2,1-2H3,(H,13,14)/t8?,10-/m1/s1. The van der Waals surface area contributed by atoms with Crippen LogP contribution in [0.3, 0.4) is 0 Å². The monoisotopic (exact) mass is 230 g/mol. The van der Waals surface area contributed by atoms with Crippen molar-refractivity contribution in [1.82, 2.24) is 5.32 Å². The van der Waals surface area contributed by atoms with Gasteiger partial charge in [0.25, 0.3) is 0 Å². The van der Waals surface area contributed by atoms with E-state index >= 15 is 0 Å². The quantitative estimate of drug-likeness (QED) is 0.694. The summed E-state index contributed by atoms with van der Waals surface area (Å²) >= 11 is 1.73. The molecule has 0 aromatic heterocycles. The first-order chi connectivity index (χ1) is 7.13. The molecule has 0 spiro atoms. The smallest absolute Gasteiger partial charge is 0.237 e. The largest absolute Gasteiger partial charge is 0.352 e. The van der Waals surface area contributed by atoms with Crippen LogP contribution in [0, 0.1) is 5.92 Å². The summed E-state index contributed by atoms with van der Waals surface area (Å²) in [5, 5.41) is 2.99. The zero-order valence-electron chi connectivity index (χ0n) is 9.66. The zero-order chi connectivity index (χ0) is 11.3. The van der Waals surface area contributed by atoms with E-state index in [4.69, 9.17) is 5.73 Å². The molecule has 1 aliphatic rings. The Bertz CT molecular complexity index is 207. The molecular weight excluding hydrogens is 208 g/mol. The number of amides is 1. The fourth-order valence-corrected chi connectivity index (χ4v) is 2.13. The first kappa shape index (κ1) is 12.8. The van der Waals surface area contributed by atoms with Crippen LogP contribution < -0.4 is 11.1 Å². The minimum atomic E-state index is -0.334. The number of nitrogens with two attached hydrogens (primary N) is 1. The summed E-state index contributed by atoms with van der Waals surface area (Å²) in [6.45, 7) is 2.07. The van der Waals surface area contributed by atoms with E-state index in [2.05, 4.69) is 12.2 Å². The van der Waals surface area contributed by atoms with E-state index in [9.17, 15) is 4.79 Å². The van der Waals surface area contributed by atoms with Crippen LogP contribution in [0.1, 0.15) is 32.6 Å². The van der Waals surface area contributed by atoms with Gasteiger partial charge in [-0.2, -0.15) is 11.8 Å². The molecule has 4 heteroatoms. The average Bonchev–Trinajstić information content (AvgIpc) is 2.97. The van der Waals surface area contributed by atoms with Gasteiger partial charge in [-0.25, -0.2) is 0 Å². The zero-order valence-corrected chi connectivity index (χ0v) is 10.5. The highest BCUT2D eigenvalue weighted by Gasteiger charge is 2.25. The number of carbonyl (C=O) groups is 1. The number of carbonyl (C=O) groups excluding carboxylic acids is 1. The van der Waals surface area contributed by atoms with Crippen LogP contribution in [0.4, 0.5) is 0 Å². The lowest BCUT2D eigenvalue weighted by molar-refractivity contribution is -0.123. The highest BCUT2D eigenvalue weighted by molar-refractivity contribution is 7.98. The molecule has 1 aliphatic carbocycles. The van der Waals surface area contributed by atoms with Gasteiger partial charge in [-0.3, -0.25) is 4.79 Å². The van der Waals surface area contributed by atoms with Crippen LogP contribution in [-0.2, 0) is 4.79 Å². The summed E-state index contributed by atoms with van der Waals surface area (Å²) in [5.74, 6) is 1.81. The van der Waals surface area contributed by atoms with Crippen LogP contribution in [0.25, 0.3) is 0 Å². The SMILES string of the molecule is CSCC[C@@H](N)C(=O)NC(C)CC1CC1. The highest BCUT2D eigenvalue weighted by Crippen LogP contribution is 2.33. The molecule has 0 bridgehead atoms. The molecule has 0 heterocycles. The molecule has 88 valence electrons. The fourth-order valence-electron chi connectivity index (χ4n) is 1.64. The lowest BCUT2D eigenvalue weighted by Gasteiger charge is -2.17. The molecule has 1 fully saturated rings. The predicted molar refractivity (Wildman–Crippen MR) is 65.9 cm³/mol. The summed E-state index contributed by atoms with van der Waals surface area (Å²) in [5.41, 5.74) is 5.77. The van der Waals surface area contributed by atoms with E-state index in [-0.39, 0.29) is 18.0 Å². The molecule has 2 atom stereocenters. The van der Waals surface area contributed by atoms with Crippen molar-refractivity contribution >= 4 is 17.7 Å². The van der Waals surface area contributed by atoms with Crippen LogP contribution in [-0.4, -0.2) is 30.0 Å². The molecule has 0 aliphatic heterocycles. The van der Waals surface area contributed by atoms with Crippen LogP contribution in [0.2, 0.25) is 0 Å². The number of hydrogen-bond acceptors (Lipinski definition) is 3. The van der Waals surface area contributed by atoms with Gasteiger partial charge in [0.05, 0.1) is 6.04 Å². The third-order valence-corrected chi connectivity index (χ3v) is 3.39. The van der Waals surface area contributed by atoms with E-state index < -0.39 is 0 Å². The van der Waals surface area contributed by atoms with Crippen LogP contribution in [0.15, 0.2) is 0 Å². The molecule has 0 aromatic carbocycles. The van der Waals surface area contributed by atoms with Crippen molar-refractivity contribution in [3.8, 4) is 0 Å². The Hall–Kier alpha value is -0.220.